The summed E-state index contributed by atoms with van der Waals surface area (Å²) in [6, 6.07) is 0.598. The smallest absolute Gasteiger partial charge is 0.156 e. The molecule has 14 heavy (non-hydrogen) atoms. The predicted molar refractivity (Wildman–Crippen MR) is 65.1 cm³/mol. The highest BCUT2D eigenvalue weighted by Gasteiger charge is 2.14. The molecule has 0 saturated carbocycles. The fourth-order valence-electron chi connectivity index (χ4n) is 1.31. The Bertz CT molecular complexity index is 192. The number of hydrogen-bond donors (Lipinski definition) is 1. The third-order valence-electron chi connectivity index (χ3n) is 2.11. The predicted octanol–water partition coefficient (Wildman–Crippen LogP) is 1.41. The van der Waals surface area contributed by atoms with E-state index in [-0.39, 0.29) is 0 Å². The van der Waals surface area contributed by atoms with Crippen molar-refractivity contribution in [1.29, 1.82) is 0 Å². The number of amidine groups is 1. The fraction of sp³-hybridized carbons (Fsp3) is 0.900. The van der Waals surface area contributed by atoms with E-state index in [0.717, 1.165) is 17.5 Å². The number of thioether (sulfide) groups is 1. The van der Waals surface area contributed by atoms with Crippen molar-refractivity contribution in [1.82, 2.24) is 10.2 Å². The number of rotatable bonds is 5. The molecule has 0 radical (unpaired) electrons. The standard InChI is InChI=1S/C10H21N3S/c1-9-8-14-10(12-9)11-6-4-5-7-13(2)3/h9H,4-8H2,1-3H3,(H,11,12). The van der Waals surface area contributed by atoms with Crippen molar-refractivity contribution in [3.63, 3.8) is 0 Å². The van der Waals surface area contributed by atoms with Crippen molar-refractivity contribution in [2.24, 2.45) is 4.99 Å². The molecular weight excluding hydrogens is 194 g/mol. The SMILES string of the molecule is CC1CSC(=NCCCCN(C)C)N1. The van der Waals surface area contributed by atoms with Crippen molar-refractivity contribution in [3.8, 4) is 0 Å². The first kappa shape index (κ1) is 11.9. The summed E-state index contributed by atoms with van der Waals surface area (Å²) in [5.41, 5.74) is 0. The molecule has 1 aliphatic rings. The summed E-state index contributed by atoms with van der Waals surface area (Å²) in [6.45, 7) is 4.33. The Labute approximate surface area is 91.3 Å². The molecule has 0 bridgehead atoms. The maximum Gasteiger partial charge on any atom is 0.156 e. The van der Waals surface area contributed by atoms with Crippen molar-refractivity contribution in [2.45, 2.75) is 25.8 Å². The van der Waals surface area contributed by atoms with Gasteiger partial charge in [-0.25, -0.2) is 0 Å². The van der Waals surface area contributed by atoms with Crippen LogP contribution in [0.15, 0.2) is 4.99 Å². The molecule has 1 atom stereocenters. The molecule has 0 amide bonds. The lowest BCUT2D eigenvalue weighted by Crippen LogP contribution is -2.23. The summed E-state index contributed by atoms with van der Waals surface area (Å²) >= 11 is 1.84. The summed E-state index contributed by atoms with van der Waals surface area (Å²) in [7, 11) is 4.23. The molecule has 0 aromatic rings. The van der Waals surface area contributed by atoms with Gasteiger partial charge < -0.3 is 10.2 Å². The number of hydrogen-bond acceptors (Lipinski definition) is 3. The van der Waals surface area contributed by atoms with E-state index in [4.69, 9.17) is 0 Å². The second-order valence-electron chi connectivity index (χ2n) is 4.05. The molecule has 0 aromatic heterocycles. The number of nitrogens with zero attached hydrogens (tertiary/aromatic N) is 2. The molecular formula is C10H21N3S. The maximum atomic E-state index is 4.52. The van der Waals surface area contributed by atoms with Gasteiger partial charge >= 0.3 is 0 Å². The minimum atomic E-state index is 0.598. The van der Waals surface area contributed by atoms with E-state index in [1.54, 1.807) is 0 Å². The van der Waals surface area contributed by atoms with Gasteiger partial charge in [0.2, 0.25) is 0 Å². The quantitative estimate of drug-likeness (QED) is 0.703. The molecule has 1 aliphatic heterocycles. The zero-order valence-corrected chi connectivity index (χ0v) is 10.2. The molecule has 82 valence electrons. The summed E-state index contributed by atoms with van der Waals surface area (Å²) in [5, 5.41) is 4.50. The van der Waals surface area contributed by atoms with Crippen LogP contribution >= 0.6 is 11.8 Å². The van der Waals surface area contributed by atoms with Crippen molar-refractivity contribution < 1.29 is 0 Å². The lowest BCUT2D eigenvalue weighted by Gasteiger charge is -2.07. The topological polar surface area (TPSA) is 27.6 Å². The van der Waals surface area contributed by atoms with E-state index in [9.17, 15) is 0 Å². The van der Waals surface area contributed by atoms with Crippen LogP contribution in [-0.2, 0) is 0 Å². The molecule has 0 aromatic carbocycles. The Kier molecular flexibility index (Phi) is 5.33. The van der Waals surface area contributed by atoms with Gasteiger partial charge in [0.15, 0.2) is 5.17 Å². The lowest BCUT2D eigenvalue weighted by molar-refractivity contribution is 0.396. The summed E-state index contributed by atoms with van der Waals surface area (Å²) in [6.07, 6.45) is 2.43. The second kappa shape index (κ2) is 6.30. The van der Waals surface area contributed by atoms with Gasteiger partial charge in [-0.1, -0.05) is 11.8 Å². The average Bonchev–Trinajstić information content (AvgIpc) is 2.50. The van der Waals surface area contributed by atoms with Gasteiger partial charge in [-0.2, -0.15) is 0 Å². The normalized spacial score (nSPS) is 24.6. The van der Waals surface area contributed by atoms with Crippen LogP contribution in [0.1, 0.15) is 19.8 Å². The fourth-order valence-corrected chi connectivity index (χ4v) is 2.27. The van der Waals surface area contributed by atoms with Crippen molar-refractivity contribution in [2.75, 3.05) is 32.9 Å². The van der Waals surface area contributed by atoms with E-state index in [2.05, 4.69) is 36.2 Å². The first-order valence-electron chi connectivity index (χ1n) is 5.27. The Morgan fingerprint density at radius 2 is 2.29 bits per heavy atom. The van der Waals surface area contributed by atoms with Gasteiger partial charge in [-0.15, -0.1) is 0 Å². The van der Waals surface area contributed by atoms with Crippen LogP contribution in [0.5, 0.6) is 0 Å². The highest BCUT2D eigenvalue weighted by Crippen LogP contribution is 2.12. The van der Waals surface area contributed by atoms with Crippen molar-refractivity contribution in [3.05, 3.63) is 0 Å². The van der Waals surface area contributed by atoms with Crippen molar-refractivity contribution >= 4 is 16.9 Å². The van der Waals surface area contributed by atoms with E-state index < -0.39 is 0 Å². The van der Waals surface area contributed by atoms with Gasteiger partial charge in [-0.05, 0) is 40.4 Å². The molecule has 4 heteroatoms. The molecule has 0 spiro atoms. The number of nitrogens with one attached hydrogen (secondary N) is 1. The number of aliphatic imine (C=N–C) groups is 1. The minimum absolute atomic E-state index is 0.598. The van der Waals surface area contributed by atoms with Gasteiger partial charge in [0.25, 0.3) is 0 Å². The third-order valence-corrected chi connectivity index (χ3v) is 3.30. The summed E-state index contributed by atoms with van der Waals surface area (Å²) < 4.78 is 0. The largest absolute Gasteiger partial charge is 0.362 e. The van der Waals surface area contributed by atoms with Crippen LogP contribution in [0.3, 0.4) is 0 Å². The monoisotopic (exact) mass is 215 g/mol. The Morgan fingerprint density at radius 3 is 2.86 bits per heavy atom. The zero-order chi connectivity index (χ0) is 10.4. The lowest BCUT2D eigenvalue weighted by atomic mass is 10.3. The summed E-state index contributed by atoms with van der Waals surface area (Å²) in [4.78, 5) is 6.74. The first-order chi connectivity index (χ1) is 6.68. The van der Waals surface area contributed by atoms with Crippen LogP contribution in [0.4, 0.5) is 0 Å². The average molecular weight is 215 g/mol. The molecule has 1 N–H and O–H groups in total. The zero-order valence-electron chi connectivity index (χ0n) is 9.42. The molecule has 3 nitrogen and oxygen atoms in total. The molecule has 1 saturated heterocycles. The maximum absolute atomic E-state index is 4.52. The van der Waals surface area contributed by atoms with Gasteiger partial charge in [0.05, 0.1) is 0 Å². The Hall–Kier alpha value is -0.220. The highest BCUT2D eigenvalue weighted by molar-refractivity contribution is 8.14. The van der Waals surface area contributed by atoms with Crippen LogP contribution < -0.4 is 5.32 Å². The van der Waals surface area contributed by atoms with Gasteiger partial charge in [0.1, 0.15) is 0 Å². The summed E-state index contributed by atoms with van der Waals surface area (Å²) in [5.74, 6) is 1.16. The molecule has 1 heterocycles. The third kappa shape index (κ3) is 4.86. The minimum Gasteiger partial charge on any atom is -0.362 e. The highest BCUT2D eigenvalue weighted by atomic mass is 32.2. The molecule has 1 rings (SSSR count). The molecule has 1 fully saturated rings. The Balaban J connectivity index is 2.03. The first-order valence-corrected chi connectivity index (χ1v) is 6.25. The Morgan fingerprint density at radius 1 is 1.50 bits per heavy atom. The van der Waals surface area contributed by atoms with Crippen LogP contribution in [0.2, 0.25) is 0 Å². The van der Waals surface area contributed by atoms with E-state index in [0.29, 0.717) is 6.04 Å². The van der Waals surface area contributed by atoms with Gasteiger partial charge in [0, 0.05) is 18.3 Å². The second-order valence-corrected chi connectivity index (χ2v) is 5.06. The molecule has 0 aliphatic carbocycles. The molecule has 1 unspecified atom stereocenters. The number of unbranched alkanes of at least 4 members (excludes halogenated alkanes) is 1. The van der Waals surface area contributed by atoms with E-state index >= 15 is 0 Å². The van der Waals surface area contributed by atoms with Crippen LogP contribution in [0, 0.1) is 0 Å². The van der Waals surface area contributed by atoms with E-state index in [1.807, 2.05) is 11.8 Å². The van der Waals surface area contributed by atoms with E-state index in [1.165, 1.54) is 19.4 Å². The van der Waals surface area contributed by atoms with Crippen LogP contribution in [-0.4, -0.2) is 49.0 Å². The van der Waals surface area contributed by atoms with Gasteiger partial charge in [-0.3, -0.25) is 4.99 Å². The van der Waals surface area contributed by atoms with Crippen LogP contribution in [0.25, 0.3) is 0 Å².